The van der Waals surface area contributed by atoms with Gasteiger partial charge in [-0.25, -0.2) is 13.6 Å². The van der Waals surface area contributed by atoms with Crippen molar-refractivity contribution in [2.45, 2.75) is 40.2 Å². The van der Waals surface area contributed by atoms with Crippen LogP contribution in [0.4, 0.5) is 8.78 Å². The summed E-state index contributed by atoms with van der Waals surface area (Å²) in [4.78, 5) is 25.7. The largest absolute Gasteiger partial charge is 0.496 e. The van der Waals surface area contributed by atoms with Crippen molar-refractivity contribution in [1.82, 2.24) is 5.32 Å². The summed E-state index contributed by atoms with van der Waals surface area (Å²) in [5.74, 6) is -2.86. The summed E-state index contributed by atoms with van der Waals surface area (Å²) in [6.07, 6.45) is 1.25. The molecule has 2 rings (SSSR count). The molecule has 1 N–H and O–H groups in total. The van der Waals surface area contributed by atoms with Gasteiger partial charge in [-0.05, 0) is 43.0 Å². The first-order valence-corrected chi connectivity index (χ1v) is 11.0. The maximum Gasteiger partial charge on any atom is 0.343 e. The van der Waals surface area contributed by atoms with Crippen LogP contribution in [0.3, 0.4) is 0 Å². The zero-order valence-electron chi connectivity index (χ0n) is 19.3. The topological polar surface area (TPSA) is 64.6 Å². The Morgan fingerprint density at radius 2 is 1.85 bits per heavy atom. The number of Topliss-reactive ketones (excluding diaryl/α,β-unsaturated/α-hetero) is 1. The van der Waals surface area contributed by atoms with Crippen LogP contribution in [0.2, 0.25) is 5.02 Å². The molecule has 0 fully saturated rings. The zero-order valence-corrected chi connectivity index (χ0v) is 20.1. The summed E-state index contributed by atoms with van der Waals surface area (Å²) >= 11 is 5.86. The third-order valence-corrected chi connectivity index (χ3v) is 5.55. The molecule has 0 spiro atoms. The van der Waals surface area contributed by atoms with Crippen molar-refractivity contribution in [3.63, 3.8) is 0 Å². The Kier molecular flexibility index (Phi) is 9.41. The van der Waals surface area contributed by atoms with Crippen molar-refractivity contribution in [3.8, 4) is 5.75 Å². The van der Waals surface area contributed by atoms with Crippen LogP contribution in [0.5, 0.6) is 5.75 Å². The molecule has 0 aromatic heterocycles. The fourth-order valence-electron chi connectivity index (χ4n) is 2.97. The number of carbonyl (C=O) groups is 2. The number of carbonyl (C=O) groups excluding carboxylic acids is 2. The summed E-state index contributed by atoms with van der Waals surface area (Å²) in [6, 6.07) is 6.79. The lowest BCUT2D eigenvalue weighted by Crippen LogP contribution is -2.29. The van der Waals surface area contributed by atoms with E-state index in [0.29, 0.717) is 5.56 Å². The average molecular weight is 480 g/mol. The van der Waals surface area contributed by atoms with Gasteiger partial charge in [0.2, 0.25) is 5.78 Å². The number of hydrogen-bond acceptors (Lipinski definition) is 5. The number of halogens is 3. The molecular formula is C25H28ClF2NO4. The fraction of sp³-hybridized carbons (Fsp3) is 0.360. The molecule has 0 saturated carbocycles. The number of ketones is 1. The Morgan fingerprint density at radius 3 is 2.45 bits per heavy atom. The molecule has 2 aromatic rings. The van der Waals surface area contributed by atoms with Gasteiger partial charge in [0.05, 0.1) is 24.3 Å². The molecule has 0 aliphatic rings. The van der Waals surface area contributed by atoms with E-state index in [1.807, 2.05) is 20.8 Å². The second kappa shape index (κ2) is 11.8. The van der Waals surface area contributed by atoms with Crippen molar-refractivity contribution in [3.05, 3.63) is 75.5 Å². The minimum absolute atomic E-state index is 0.00276. The van der Waals surface area contributed by atoms with Crippen LogP contribution in [0, 0.1) is 17.6 Å². The molecule has 0 bridgehead atoms. The molecule has 0 radical (unpaired) electrons. The lowest BCUT2D eigenvalue weighted by Gasteiger charge is -2.17. The van der Waals surface area contributed by atoms with E-state index in [9.17, 15) is 18.4 Å². The summed E-state index contributed by atoms with van der Waals surface area (Å²) in [5.41, 5.74) is -0.0886. The third kappa shape index (κ3) is 6.54. The number of benzene rings is 2. The van der Waals surface area contributed by atoms with Crippen LogP contribution < -0.4 is 10.1 Å². The van der Waals surface area contributed by atoms with Crippen molar-refractivity contribution >= 4 is 23.4 Å². The molecule has 0 heterocycles. The van der Waals surface area contributed by atoms with Crippen LogP contribution in [-0.2, 0) is 16.0 Å². The van der Waals surface area contributed by atoms with E-state index in [1.54, 1.807) is 13.0 Å². The van der Waals surface area contributed by atoms with E-state index in [0.717, 1.165) is 6.07 Å². The minimum atomic E-state index is -0.876. The predicted molar refractivity (Wildman–Crippen MR) is 124 cm³/mol. The van der Waals surface area contributed by atoms with Gasteiger partial charge >= 0.3 is 5.97 Å². The van der Waals surface area contributed by atoms with E-state index < -0.39 is 23.4 Å². The summed E-state index contributed by atoms with van der Waals surface area (Å²) in [6.45, 7) is 7.49. The van der Waals surface area contributed by atoms with Crippen LogP contribution >= 0.6 is 11.6 Å². The van der Waals surface area contributed by atoms with Crippen molar-refractivity contribution < 1.29 is 27.8 Å². The quantitative estimate of drug-likeness (QED) is 0.161. The van der Waals surface area contributed by atoms with Gasteiger partial charge in [-0.3, -0.25) is 4.79 Å². The molecular weight excluding hydrogens is 452 g/mol. The van der Waals surface area contributed by atoms with Gasteiger partial charge in [0.25, 0.3) is 0 Å². The van der Waals surface area contributed by atoms with Crippen molar-refractivity contribution in [2.24, 2.45) is 5.92 Å². The second-order valence-corrected chi connectivity index (χ2v) is 8.25. The van der Waals surface area contributed by atoms with E-state index >= 15 is 0 Å². The smallest absolute Gasteiger partial charge is 0.343 e. The standard InChI is InChI=1S/C25H28ClF2NO4/c1-6-33-25(31)19(13-29-15(4)14(2)3)24(30)18-11-17(22(32-5)12-21(18)27)10-16-8-7-9-20(26)23(16)28/h7-9,11-15,29H,6,10H2,1-5H3/t15-/m1/s1. The van der Waals surface area contributed by atoms with Gasteiger partial charge < -0.3 is 14.8 Å². The average Bonchev–Trinajstić information content (AvgIpc) is 2.77. The Hall–Kier alpha value is -2.93. The number of methoxy groups -OCH3 is 1. The summed E-state index contributed by atoms with van der Waals surface area (Å²) in [7, 11) is 1.34. The third-order valence-electron chi connectivity index (χ3n) is 5.26. The normalized spacial score (nSPS) is 12.5. The molecule has 0 aliphatic carbocycles. The van der Waals surface area contributed by atoms with Crippen molar-refractivity contribution in [2.75, 3.05) is 13.7 Å². The van der Waals surface area contributed by atoms with Gasteiger partial charge in [-0.1, -0.05) is 37.6 Å². The van der Waals surface area contributed by atoms with Gasteiger partial charge in [-0.2, -0.15) is 0 Å². The Morgan fingerprint density at radius 1 is 1.15 bits per heavy atom. The van der Waals surface area contributed by atoms with E-state index in [-0.39, 0.29) is 52.5 Å². The molecule has 0 unspecified atom stereocenters. The maximum absolute atomic E-state index is 14.9. The molecule has 1 atom stereocenters. The lowest BCUT2D eigenvalue weighted by molar-refractivity contribution is -0.138. The van der Waals surface area contributed by atoms with Gasteiger partial charge in [0, 0.05) is 24.7 Å². The monoisotopic (exact) mass is 479 g/mol. The number of hydrogen-bond donors (Lipinski definition) is 1. The second-order valence-electron chi connectivity index (χ2n) is 7.84. The minimum Gasteiger partial charge on any atom is -0.496 e. The van der Waals surface area contributed by atoms with Crippen molar-refractivity contribution in [1.29, 1.82) is 0 Å². The number of ether oxygens (including phenoxy) is 2. The first kappa shape index (κ1) is 26.3. The number of esters is 1. The molecule has 8 heteroatoms. The SMILES string of the molecule is CCOC(=O)C(=CN[C@H](C)C(C)C)C(=O)c1cc(Cc2cccc(Cl)c2F)c(OC)cc1F. The first-order valence-electron chi connectivity index (χ1n) is 10.6. The Labute approximate surface area is 197 Å². The van der Waals surface area contributed by atoms with Crippen LogP contribution in [0.1, 0.15) is 49.2 Å². The zero-order chi connectivity index (χ0) is 24.7. The van der Waals surface area contributed by atoms with Crippen LogP contribution in [0.15, 0.2) is 42.1 Å². The fourth-order valence-corrected chi connectivity index (χ4v) is 3.16. The molecule has 5 nitrogen and oxygen atoms in total. The number of rotatable bonds is 10. The summed E-state index contributed by atoms with van der Waals surface area (Å²) < 4.78 is 39.5. The highest BCUT2D eigenvalue weighted by atomic mass is 35.5. The molecule has 0 amide bonds. The lowest BCUT2D eigenvalue weighted by atomic mass is 9.96. The van der Waals surface area contributed by atoms with E-state index in [1.165, 1.54) is 31.5 Å². The van der Waals surface area contributed by atoms with Gasteiger partial charge in [0.1, 0.15) is 23.0 Å². The van der Waals surface area contributed by atoms with Crippen LogP contribution in [-0.4, -0.2) is 31.5 Å². The van der Waals surface area contributed by atoms with Gasteiger partial charge in [0.15, 0.2) is 0 Å². The predicted octanol–water partition coefficient (Wildman–Crippen LogP) is 5.48. The number of nitrogens with one attached hydrogen (secondary N) is 1. The molecule has 0 saturated heterocycles. The molecule has 178 valence electrons. The highest BCUT2D eigenvalue weighted by Crippen LogP contribution is 2.29. The molecule has 0 aliphatic heterocycles. The highest BCUT2D eigenvalue weighted by Gasteiger charge is 2.26. The molecule has 2 aromatic carbocycles. The Balaban J connectivity index is 2.52. The van der Waals surface area contributed by atoms with E-state index in [2.05, 4.69) is 5.32 Å². The van der Waals surface area contributed by atoms with Gasteiger partial charge in [-0.15, -0.1) is 0 Å². The maximum atomic E-state index is 14.9. The van der Waals surface area contributed by atoms with E-state index in [4.69, 9.17) is 21.1 Å². The summed E-state index contributed by atoms with van der Waals surface area (Å²) in [5, 5.41) is 2.93. The first-order chi connectivity index (χ1) is 15.6. The van der Waals surface area contributed by atoms with Crippen LogP contribution in [0.25, 0.3) is 0 Å². The molecule has 33 heavy (non-hydrogen) atoms. The highest BCUT2D eigenvalue weighted by molar-refractivity contribution is 6.30. The Bertz CT molecular complexity index is 1050.